The van der Waals surface area contributed by atoms with E-state index in [-0.39, 0.29) is 0 Å². The van der Waals surface area contributed by atoms with Crippen LogP contribution in [0.15, 0.2) is 79.1 Å². The van der Waals surface area contributed by atoms with Gasteiger partial charge in [-0.3, -0.25) is 0 Å². The van der Waals surface area contributed by atoms with E-state index in [1.54, 1.807) is 6.26 Å². The lowest BCUT2D eigenvalue weighted by molar-refractivity contribution is 0.488. The normalized spacial score (nSPS) is 13.2. The van der Waals surface area contributed by atoms with Crippen molar-refractivity contribution in [3.63, 3.8) is 0 Å². The van der Waals surface area contributed by atoms with Crippen LogP contribution in [0.2, 0.25) is 0 Å². The van der Waals surface area contributed by atoms with Crippen molar-refractivity contribution in [1.82, 2.24) is 0 Å². The zero-order valence-electron chi connectivity index (χ0n) is 12.5. The summed E-state index contributed by atoms with van der Waals surface area (Å²) in [6.07, 6.45) is 7.86. The number of ether oxygens (including phenoxy) is 1. The number of hydrogen-bond acceptors (Lipinski definition) is 1. The Balaban J connectivity index is 2.08. The first-order valence-corrected chi connectivity index (χ1v) is 7.79. The van der Waals surface area contributed by atoms with E-state index in [9.17, 15) is 0 Å². The molecule has 108 valence electrons. The molecular formula is C22H14O. The molecule has 0 bridgehead atoms. The van der Waals surface area contributed by atoms with Crippen LogP contribution in [0.1, 0.15) is 5.56 Å². The summed E-state index contributed by atoms with van der Waals surface area (Å²) in [6.45, 7) is 0. The first-order chi connectivity index (χ1) is 11.4. The number of fused-ring (bicyclic) bond motifs is 7. The molecule has 0 aliphatic carbocycles. The lowest BCUT2D eigenvalue weighted by Crippen LogP contribution is -1.90. The molecule has 1 nitrogen and oxygen atoms in total. The number of allylic oxidation sites excluding steroid dienone is 2. The molecule has 1 heterocycles. The van der Waals surface area contributed by atoms with Crippen molar-refractivity contribution in [2.24, 2.45) is 0 Å². The van der Waals surface area contributed by atoms with Gasteiger partial charge in [-0.25, -0.2) is 0 Å². The van der Waals surface area contributed by atoms with Gasteiger partial charge in [0.05, 0.1) is 6.26 Å². The average molecular weight is 294 g/mol. The molecule has 0 amide bonds. The predicted molar refractivity (Wildman–Crippen MR) is 97.8 cm³/mol. The third-order valence-electron chi connectivity index (χ3n) is 4.52. The van der Waals surface area contributed by atoms with Crippen LogP contribution in [0.5, 0.6) is 5.75 Å². The van der Waals surface area contributed by atoms with E-state index in [1.165, 1.54) is 26.9 Å². The van der Waals surface area contributed by atoms with Crippen LogP contribution in [0.4, 0.5) is 0 Å². The minimum atomic E-state index is 0.938. The molecule has 0 atom stereocenters. The Kier molecular flexibility index (Phi) is 2.56. The van der Waals surface area contributed by atoms with Gasteiger partial charge in [0, 0.05) is 10.9 Å². The summed E-state index contributed by atoms with van der Waals surface area (Å²) in [5.74, 6) is 0.938. The van der Waals surface area contributed by atoms with Crippen molar-refractivity contribution in [2.75, 3.05) is 0 Å². The predicted octanol–water partition coefficient (Wildman–Crippen LogP) is 6.07. The number of rotatable bonds is 0. The van der Waals surface area contributed by atoms with Crippen molar-refractivity contribution in [3.05, 3.63) is 84.6 Å². The van der Waals surface area contributed by atoms with Crippen molar-refractivity contribution in [2.45, 2.75) is 0 Å². The summed E-state index contributed by atoms with van der Waals surface area (Å²) in [5, 5.41) is 7.41. The van der Waals surface area contributed by atoms with Gasteiger partial charge in [-0.15, -0.1) is 0 Å². The average Bonchev–Trinajstić information content (AvgIpc) is 2.87. The second-order valence-corrected chi connectivity index (χ2v) is 5.84. The second kappa shape index (κ2) is 4.72. The SMILES string of the molecule is C1=COc2c(c3cc4ccccc4cc3c3ccccc23)C=C1. The van der Waals surface area contributed by atoms with E-state index < -0.39 is 0 Å². The molecule has 1 aliphatic heterocycles. The van der Waals surface area contributed by atoms with Crippen LogP contribution in [0, 0.1) is 0 Å². The maximum Gasteiger partial charge on any atom is 0.142 e. The largest absolute Gasteiger partial charge is 0.464 e. The van der Waals surface area contributed by atoms with Gasteiger partial charge in [-0.1, -0.05) is 60.7 Å². The van der Waals surface area contributed by atoms with E-state index in [2.05, 4.69) is 66.7 Å². The standard InChI is InChI=1S/C22H14O/c1-2-8-16-14-21-19-11-5-6-12-23-22(19)18-10-4-3-9-17(18)20(21)13-15(16)7-1/h1-14H. The minimum absolute atomic E-state index is 0.938. The number of hydrogen-bond donors (Lipinski definition) is 0. The number of benzene rings is 4. The monoisotopic (exact) mass is 294 g/mol. The molecule has 0 fully saturated rings. The van der Waals surface area contributed by atoms with Gasteiger partial charge in [0.1, 0.15) is 5.75 Å². The topological polar surface area (TPSA) is 9.23 Å². The highest BCUT2D eigenvalue weighted by molar-refractivity contribution is 6.17. The van der Waals surface area contributed by atoms with Crippen LogP contribution < -0.4 is 4.74 Å². The quantitative estimate of drug-likeness (QED) is 0.283. The van der Waals surface area contributed by atoms with Crippen LogP contribution >= 0.6 is 0 Å². The van der Waals surface area contributed by atoms with Gasteiger partial charge in [0.25, 0.3) is 0 Å². The molecule has 0 N–H and O–H groups in total. The molecule has 0 spiro atoms. The Hall–Kier alpha value is -3.06. The molecule has 5 rings (SSSR count). The zero-order chi connectivity index (χ0) is 15.2. The van der Waals surface area contributed by atoms with Crippen LogP contribution in [-0.2, 0) is 0 Å². The summed E-state index contributed by atoms with van der Waals surface area (Å²) in [4.78, 5) is 0. The molecule has 0 aromatic heterocycles. The molecule has 0 saturated heterocycles. The highest BCUT2D eigenvalue weighted by atomic mass is 16.5. The molecule has 1 heteroatoms. The van der Waals surface area contributed by atoms with Crippen molar-refractivity contribution >= 4 is 38.4 Å². The van der Waals surface area contributed by atoms with Crippen molar-refractivity contribution in [1.29, 1.82) is 0 Å². The maximum atomic E-state index is 5.94. The minimum Gasteiger partial charge on any atom is -0.464 e. The summed E-state index contributed by atoms with van der Waals surface area (Å²) in [5.41, 5.74) is 1.15. The van der Waals surface area contributed by atoms with Crippen LogP contribution in [0.3, 0.4) is 0 Å². The highest BCUT2D eigenvalue weighted by Crippen LogP contribution is 2.41. The Morgan fingerprint density at radius 3 is 2.13 bits per heavy atom. The summed E-state index contributed by atoms with van der Waals surface area (Å²) >= 11 is 0. The summed E-state index contributed by atoms with van der Waals surface area (Å²) < 4.78 is 5.94. The van der Waals surface area contributed by atoms with E-state index in [0.29, 0.717) is 0 Å². The first-order valence-electron chi connectivity index (χ1n) is 7.79. The van der Waals surface area contributed by atoms with Crippen molar-refractivity contribution in [3.8, 4) is 5.75 Å². The van der Waals surface area contributed by atoms with E-state index >= 15 is 0 Å². The Morgan fingerprint density at radius 2 is 1.30 bits per heavy atom. The first kappa shape index (κ1) is 12.5. The molecule has 0 saturated carbocycles. The maximum absolute atomic E-state index is 5.94. The van der Waals surface area contributed by atoms with Crippen molar-refractivity contribution < 1.29 is 4.74 Å². The molecular weight excluding hydrogens is 280 g/mol. The summed E-state index contributed by atoms with van der Waals surface area (Å²) in [6, 6.07) is 21.5. The fraction of sp³-hybridized carbons (Fsp3) is 0. The third kappa shape index (κ3) is 1.80. The van der Waals surface area contributed by atoms with E-state index in [1.807, 2.05) is 12.2 Å². The smallest absolute Gasteiger partial charge is 0.142 e. The molecule has 23 heavy (non-hydrogen) atoms. The van der Waals surface area contributed by atoms with Gasteiger partial charge >= 0.3 is 0 Å². The van der Waals surface area contributed by atoms with Gasteiger partial charge in [0.2, 0.25) is 0 Å². The summed E-state index contributed by atoms with van der Waals surface area (Å²) in [7, 11) is 0. The highest BCUT2D eigenvalue weighted by Gasteiger charge is 2.15. The molecule has 0 unspecified atom stereocenters. The Bertz CT molecular complexity index is 1130. The lowest BCUT2D eigenvalue weighted by atomic mass is 9.93. The van der Waals surface area contributed by atoms with Crippen LogP contribution in [-0.4, -0.2) is 0 Å². The zero-order valence-corrected chi connectivity index (χ0v) is 12.5. The van der Waals surface area contributed by atoms with Gasteiger partial charge in [-0.05, 0) is 45.1 Å². The molecule has 1 aliphatic rings. The second-order valence-electron chi connectivity index (χ2n) is 5.84. The third-order valence-corrected chi connectivity index (χ3v) is 4.52. The molecule has 4 aromatic carbocycles. The van der Waals surface area contributed by atoms with Gasteiger partial charge in [0.15, 0.2) is 0 Å². The van der Waals surface area contributed by atoms with E-state index in [0.717, 1.165) is 16.7 Å². The molecule has 0 radical (unpaired) electrons. The molecule has 4 aromatic rings. The lowest BCUT2D eigenvalue weighted by Gasteiger charge is -2.14. The van der Waals surface area contributed by atoms with Gasteiger partial charge in [-0.2, -0.15) is 0 Å². The fourth-order valence-corrected chi connectivity index (χ4v) is 3.47. The van der Waals surface area contributed by atoms with Gasteiger partial charge < -0.3 is 4.74 Å². The Labute approximate surface area is 134 Å². The fourth-order valence-electron chi connectivity index (χ4n) is 3.47. The Morgan fingerprint density at radius 1 is 0.609 bits per heavy atom. The van der Waals surface area contributed by atoms with E-state index in [4.69, 9.17) is 4.74 Å². The van der Waals surface area contributed by atoms with Crippen LogP contribution in [0.25, 0.3) is 38.4 Å².